The number of hydrogen-bond donors (Lipinski definition) is 1. The summed E-state index contributed by atoms with van der Waals surface area (Å²) in [4.78, 5) is 16.4. The fourth-order valence-electron chi connectivity index (χ4n) is 3.51. The number of likely N-dealkylation sites (tertiary alicyclic amines) is 1. The van der Waals surface area contributed by atoms with Crippen LogP contribution < -0.4 is 0 Å². The molecule has 0 aromatic carbocycles. The smallest absolute Gasteiger partial charge is 0.320 e. The Kier molecular flexibility index (Phi) is 4.10. The van der Waals surface area contributed by atoms with Gasteiger partial charge in [-0.2, -0.15) is 15.4 Å². The van der Waals surface area contributed by atoms with Crippen molar-refractivity contribution in [1.29, 1.82) is 0 Å². The van der Waals surface area contributed by atoms with Gasteiger partial charge in [0.2, 0.25) is 0 Å². The number of carbonyl (C=O) groups excluding carboxylic acids is 1. The summed E-state index contributed by atoms with van der Waals surface area (Å²) in [5, 5.41) is 10.6. The van der Waals surface area contributed by atoms with Crippen LogP contribution in [0.2, 0.25) is 0 Å². The number of nitrogens with zero attached hydrogens (tertiary/aromatic N) is 4. The van der Waals surface area contributed by atoms with E-state index in [0.29, 0.717) is 19.1 Å². The van der Waals surface area contributed by atoms with E-state index in [4.69, 9.17) is 4.74 Å². The number of hydrogen-bond acceptors (Lipinski definition) is 4. The van der Waals surface area contributed by atoms with Crippen LogP contribution in [-0.2, 0) is 4.74 Å². The number of H-pyrrole nitrogens is 1. The van der Waals surface area contributed by atoms with Gasteiger partial charge in [0.05, 0.1) is 23.9 Å². The van der Waals surface area contributed by atoms with Crippen LogP contribution in [0.1, 0.15) is 37.3 Å². The average molecular weight is 293 g/mol. The first kappa shape index (κ1) is 14.3. The molecule has 7 nitrogen and oxygen atoms in total. The van der Waals surface area contributed by atoms with Crippen molar-refractivity contribution in [3.63, 3.8) is 0 Å². The number of urea groups is 1. The lowest BCUT2D eigenvalue weighted by Gasteiger charge is -2.29. The maximum absolute atomic E-state index is 12.7. The minimum absolute atomic E-state index is 0.0176. The van der Waals surface area contributed by atoms with Crippen LogP contribution in [0.4, 0.5) is 4.79 Å². The Morgan fingerprint density at radius 2 is 2.19 bits per heavy atom. The average Bonchev–Trinajstić information content (AvgIpc) is 3.25. The number of carbonyl (C=O) groups is 1. The summed E-state index contributed by atoms with van der Waals surface area (Å²) in [6.07, 6.45) is 6.39. The molecule has 2 atom stereocenters. The number of methoxy groups -OCH3 is 1. The molecule has 3 rings (SSSR count). The number of ether oxygens (including phenoxy) is 1. The molecule has 0 bridgehead atoms. The molecule has 0 unspecified atom stereocenters. The number of rotatable bonds is 3. The van der Waals surface area contributed by atoms with E-state index >= 15 is 0 Å². The Morgan fingerprint density at radius 3 is 2.81 bits per heavy atom. The summed E-state index contributed by atoms with van der Waals surface area (Å²) in [6, 6.07) is 0.500. The molecule has 2 amide bonds. The molecule has 1 aromatic heterocycles. The van der Waals surface area contributed by atoms with Crippen molar-refractivity contribution >= 4 is 6.03 Å². The number of aromatic amines is 1. The first-order valence-corrected chi connectivity index (χ1v) is 7.61. The van der Waals surface area contributed by atoms with Crippen molar-refractivity contribution in [1.82, 2.24) is 25.2 Å². The van der Waals surface area contributed by atoms with Crippen molar-refractivity contribution in [3.05, 3.63) is 11.9 Å². The van der Waals surface area contributed by atoms with Crippen LogP contribution in [0, 0.1) is 0 Å². The summed E-state index contributed by atoms with van der Waals surface area (Å²) in [6.45, 7) is 1.25. The molecule has 0 radical (unpaired) electrons. The lowest BCUT2D eigenvalue weighted by atomic mass is 10.0. The predicted octanol–water partition coefficient (Wildman–Crippen LogP) is 1.21. The fraction of sp³-hybridized carbons (Fsp3) is 0.786. The van der Waals surface area contributed by atoms with Crippen molar-refractivity contribution in [2.75, 3.05) is 27.2 Å². The second kappa shape index (κ2) is 6.01. The van der Waals surface area contributed by atoms with Crippen molar-refractivity contribution < 1.29 is 9.53 Å². The van der Waals surface area contributed by atoms with Crippen LogP contribution >= 0.6 is 0 Å². The van der Waals surface area contributed by atoms with E-state index in [0.717, 1.165) is 18.5 Å². The summed E-state index contributed by atoms with van der Waals surface area (Å²) in [5.41, 5.74) is 0.862. The SMILES string of the molecule is CO[C@@H]1CN(C(=O)N(C)C2CCCC2)C[C@H]1c1cn[nH]n1. The molecular weight excluding hydrogens is 270 g/mol. The summed E-state index contributed by atoms with van der Waals surface area (Å²) < 4.78 is 5.54. The molecule has 1 aromatic rings. The highest BCUT2D eigenvalue weighted by molar-refractivity contribution is 5.75. The van der Waals surface area contributed by atoms with Crippen LogP contribution in [-0.4, -0.2) is 70.6 Å². The lowest BCUT2D eigenvalue weighted by molar-refractivity contribution is 0.0946. The second-order valence-electron chi connectivity index (χ2n) is 6.01. The van der Waals surface area contributed by atoms with Gasteiger partial charge in [-0.15, -0.1) is 0 Å². The third-order valence-electron chi connectivity index (χ3n) is 4.83. The van der Waals surface area contributed by atoms with Crippen molar-refractivity contribution in [2.45, 2.75) is 43.7 Å². The summed E-state index contributed by atoms with van der Waals surface area (Å²) in [5.74, 6) is 0.0923. The van der Waals surface area contributed by atoms with Gasteiger partial charge < -0.3 is 14.5 Å². The Bertz CT molecular complexity index is 472. The number of aromatic nitrogens is 3. The number of nitrogens with one attached hydrogen (secondary N) is 1. The van der Waals surface area contributed by atoms with Crippen molar-refractivity contribution in [2.24, 2.45) is 0 Å². The fourth-order valence-corrected chi connectivity index (χ4v) is 3.51. The Balaban J connectivity index is 1.67. The van der Waals surface area contributed by atoms with Gasteiger partial charge in [-0.05, 0) is 12.8 Å². The maximum Gasteiger partial charge on any atom is 0.320 e. The Labute approximate surface area is 124 Å². The molecule has 21 heavy (non-hydrogen) atoms. The van der Waals surface area contributed by atoms with Gasteiger partial charge in [0.1, 0.15) is 0 Å². The molecule has 1 aliphatic heterocycles. The van der Waals surface area contributed by atoms with Gasteiger partial charge in [0.25, 0.3) is 0 Å². The monoisotopic (exact) mass is 293 g/mol. The van der Waals surface area contributed by atoms with Gasteiger partial charge in [0, 0.05) is 33.3 Å². The molecule has 0 spiro atoms. The second-order valence-corrected chi connectivity index (χ2v) is 6.01. The molecule has 7 heteroatoms. The Morgan fingerprint density at radius 1 is 1.43 bits per heavy atom. The van der Waals surface area contributed by atoms with Gasteiger partial charge in [-0.3, -0.25) is 0 Å². The van der Waals surface area contributed by atoms with Gasteiger partial charge in [0.15, 0.2) is 0 Å². The zero-order valence-corrected chi connectivity index (χ0v) is 12.7. The van der Waals surface area contributed by atoms with E-state index in [1.807, 2.05) is 16.8 Å². The van der Waals surface area contributed by atoms with E-state index in [1.54, 1.807) is 13.3 Å². The van der Waals surface area contributed by atoms with E-state index in [-0.39, 0.29) is 18.1 Å². The molecule has 2 aliphatic rings. The Hall–Kier alpha value is -1.63. The number of amides is 2. The highest BCUT2D eigenvalue weighted by Crippen LogP contribution is 2.30. The molecule has 1 saturated heterocycles. The van der Waals surface area contributed by atoms with Gasteiger partial charge >= 0.3 is 6.03 Å². The van der Waals surface area contributed by atoms with E-state index in [2.05, 4.69) is 15.4 Å². The largest absolute Gasteiger partial charge is 0.379 e. The molecule has 1 saturated carbocycles. The van der Waals surface area contributed by atoms with E-state index in [9.17, 15) is 4.79 Å². The highest BCUT2D eigenvalue weighted by Gasteiger charge is 2.39. The zero-order valence-electron chi connectivity index (χ0n) is 12.7. The normalized spacial score (nSPS) is 26.5. The molecule has 2 fully saturated rings. The third-order valence-corrected chi connectivity index (χ3v) is 4.83. The quantitative estimate of drug-likeness (QED) is 0.909. The standard InChI is InChI=1S/C14H23N5O2/c1-18(10-5-3-4-6-10)14(20)19-8-11(13(9-19)21-2)12-7-15-17-16-12/h7,10-11,13H,3-6,8-9H2,1-2H3,(H,15,16,17)/t11-,13+/m0/s1. The minimum Gasteiger partial charge on any atom is -0.379 e. The summed E-state index contributed by atoms with van der Waals surface area (Å²) >= 11 is 0. The van der Waals surface area contributed by atoms with Crippen LogP contribution in [0.3, 0.4) is 0 Å². The lowest BCUT2D eigenvalue weighted by Crippen LogP contribution is -2.44. The summed E-state index contributed by atoms with van der Waals surface area (Å²) in [7, 11) is 3.61. The third kappa shape index (κ3) is 2.74. The predicted molar refractivity (Wildman–Crippen MR) is 76.9 cm³/mol. The van der Waals surface area contributed by atoms with Crippen LogP contribution in [0.15, 0.2) is 6.20 Å². The molecule has 2 heterocycles. The topological polar surface area (TPSA) is 74.3 Å². The highest BCUT2D eigenvalue weighted by atomic mass is 16.5. The molecule has 1 aliphatic carbocycles. The van der Waals surface area contributed by atoms with E-state index in [1.165, 1.54) is 12.8 Å². The van der Waals surface area contributed by atoms with Gasteiger partial charge in [-0.1, -0.05) is 12.8 Å². The maximum atomic E-state index is 12.7. The molecule has 116 valence electrons. The van der Waals surface area contributed by atoms with E-state index < -0.39 is 0 Å². The van der Waals surface area contributed by atoms with Gasteiger partial charge in [-0.25, -0.2) is 4.79 Å². The first-order chi connectivity index (χ1) is 10.2. The van der Waals surface area contributed by atoms with Crippen LogP contribution in [0.5, 0.6) is 0 Å². The first-order valence-electron chi connectivity index (χ1n) is 7.61. The van der Waals surface area contributed by atoms with Crippen molar-refractivity contribution in [3.8, 4) is 0 Å². The molecular formula is C14H23N5O2. The zero-order chi connectivity index (χ0) is 14.8. The molecule has 1 N–H and O–H groups in total. The van der Waals surface area contributed by atoms with Crippen LogP contribution in [0.25, 0.3) is 0 Å². The minimum atomic E-state index is -0.0176.